The van der Waals surface area contributed by atoms with Crippen LogP contribution in [0.25, 0.3) is 5.57 Å². The van der Waals surface area contributed by atoms with Gasteiger partial charge in [-0.3, -0.25) is 10.1 Å². The molecule has 1 N–H and O–H groups in total. The van der Waals surface area contributed by atoms with E-state index in [9.17, 15) is 14.9 Å². The Morgan fingerprint density at radius 2 is 2.28 bits per heavy atom. The van der Waals surface area contributed by atoms with Crippen molar-refractivity contribution in [3.8, 4) is 0 Å². The van der Waals surface area contributed by atoms with Crippen molar-refractivity contribution in [3.05, 3.63) is 39.4 Å². The first-order valence-corrected chi connectivity index (χ1v) is 5.38. The van der Waals surface area contributed by atoms with Crippen molar-refractivity contribution in [2.45, 2.75) is 6.92 Å². The first-order valence-electron chi connectivity index (χ1n) is 5.38. The van der Waals surface area contributed by atoms with Crippen LogP contribution in [-0.4, -0.2) is 24.5 Å². The quantitative estimate of drug-likeness (QED) is 0.493. The number of carbonyl (C=O) groups excluding carboxylic acids is 1. The van der Waals surface area contributed by atoms with E-state index in [1.165, 1.54) is 13.2 Å². The number of nitrogens with one attached hydrogen (secondary N) is 1. The van der Waals surface area contributed by atoms with Crippen molar-refractivity contribution < 1.29 is 14.5 Å². The van der Waals surface area contributed by atoms with Crippen molar-refractivity contribution >= 4 is 22.9 Å². The predicted octanol–water partition coefficient (Wildman–Crippen LogP) is 2.21. The van der Waals surface area contributed by atoms with Gasteiger partial charge in [-0.15, -0.1) is 0 Å². The molecular formula is C12H12N2O4. The van der Waals surface area contributed by atoms with Crippen LogP contribution >= 0.6 is 0 Å². The molecule has 2 rings (SSSR count). The molecule has 0 atom stereocenters. The Kier molecular flexibility index (Phi) is 3.01. The summed E-state index contributed by atoms with van der Waals surface area (Å²) in [5, 5.41) is 14.0. The number of methoxy groups -OCH3 is 1. The number of fused-ring (bicyclic) bond motifs is 1. The highest BCUT2D eigenvalue weighted by molar-refractivity contribution is 5.97. The average Bonchev–Trinajstić information content (AvgIpc) is 2.79. The molecule has 0 radical (unpaired) electrons. The van der Waals surface area contributed by atoms with Crippen LogP contribution in [0.4, 0.5) is 11.4 Å². The number of ether oxygens (including phenoxy) is 1. The van der Waals surface area contributed by atoms with Crippen LogP contribution in [0.2, 0.25) is 0 Å². The number of esters is 1. The highest BCUT2D eigenvalue weighted by Crippen LogP contribution is 2.39. The van der Waals surface area contributed by atoms with Gasteiger partial charge >= 0.3 is 5.97 Å². The number of nitro benzene ring substituents is 1. The highest BCUT2D eigenvalue weighted by Gasteiger charge is 2.27. The van der Waals surface area contributed by atoms with Crippen molar-refractivity contribution in [1.29, 1.82) is 0 Å². The molecule has 1 aliphatic heterocycles. The zero-order valence-corrected chi connectivity index (χ0v) is 10.0. The third-order valence-electron chi connectivity index (χ3n) is 2.89. The minimum atomic E-state index is -0.580. The smallest absolute Gasteiger partial charge is 0.338 e. The molecule has 0 aliphatic carbocycles. The van der Waals surface area contributed by atoms with E-state index in [2.05, 4.69) is 10.1 Å². The number of hydrogen-bond donors (Lipinski definition) is 1. The SMILES string of the molecule is CC=C1CNc2c1cc(C(=O)OC)cc2[N+](=O)[O-]. The maximum atomic E-state index is 11.5. The van der Waals surface area contributed by atoms with E-state index >= 15 is 0 Å². The first kappa shape index (κ1) is 12.1. The molecule has 1 aromatic carbocycles. The molecule has 1 heterocycles. The van der Waals surface area contributed by atoms with Gasteiger partial charge in [-0.1, -0.05) is 6.08 Å². The molecule has 0 unspecified atom stereocenters. The van der Waals surface area contributed by atoms with Crippen molar-refractivity contribution in [2.75, 3.05) is 19.0 Å². The molecule has 0 spiro atoms. The Morgan fingerprint density at radius 3 is 2.83 bits per heavy atom. The Labute approximate surface area is 103 Å². The van der Waals surface area contributed by atoms with Gasteiger partial charge in [-0.25, -0.2) is 4.79 Å². The van der Waals surface area contributed by atoms with E-state index in [-0.39, 0.29) is 11.3 Å². The fourth-order valence-corrected chi connectivity index (χ4v) is 1.98. The number of nitrogens with zero attached hydrogens (tertiary/aromatic N) is 1. The monoisotopic (exact) mass is 248 g/mol. The Hall–Kier alpha value is -2.37. The van der Waals surface area contributed by atoms with Gasteiger partial charge in [0.25, 0.3) is 5.69 Å². The van der Waals surface area contributed by atoms with E-state index < -0.39 is 10.9 Å². The summed E-state index contributed by atoms with van der Waals surface area (Å²) >= 11 is 0. The minimum absolute atomic E-state index is 0.107. The second-order valence-electron chi connectivity index (χ2n) is 3.83. The molecule has 0 bridgehead atoms. The zero-order chi connectivity index (χ0) is 13.3. The molecule has 1 aromatic rings. The van der Waals surface area contributed by atoms with Gasteiger partial charge in [0.1, 0.15) is 5.69 Å². The van der Waals surface area contributed by atoms with Crippen LogP contribution < -0.4 is 5.32 Å². The topological polar surface area (TPSA) is 81.5 Å². The van der Waals surface area contributed by atoms with Crippen LogP contribution in [0.1, 0.15) is 22.8 Å². The van der Waals surface area contributed by atoms with Crippen LogP contribution in [0, 0.1) is 10.1 Å². The lowest BCUT2D eigenvalue weighted by Gasteiger charge is -2.05. The summed E-state index contributed by atoms with van der Waals surface area (Å²) in [6.45, 7) is 2.38. The molecule has 0 aromatic heterocycles. The molecule has 0 saturated heterocycles. The van der Waals surface area contributed by atoms with Crippen LogP contribution in [0.3, 0.4) is 0 Å². The summed E-state index contributed by atoms with van der Waals surface area (Å²) in [4.78, 5) is 22.0. The standard InChI is InChI=1S/C12H12N2O4/c1-3-7-6-13-11-9(7)4-8(12(15)18-2)5-10(11)14(16)17/h3-5,13H,6H2,1-2H3. The molecule has 0 fully saturated rings. The van der Waals surface area contributed by atoms with Gasteiger partial charge in [0.2, 0.25) is 0 Å². The molecule has 94 valence electrons. The van der Waals surface area contributed by atoms with Crippen LogP contribution in [0.5, 0.6) is 0 Å². The summed E-state index contributed by atoms with van der Waals surface area (Å²) in [5.41, 5.74) is 2.16. The molecule has 6 heteroatoms. The molecule has 6 nitrogen and oxygen atoms in total. The summed E-state index contributed by atoms with van der Waals surface area (Å²) in [7, 11) is 1.25. The normalized spacial score (nSPS) is 15.1. The maximum Gasteiger partial charge on any atom is 0.338 e. The number of allylic oxidation sites excluding steroid dienone is 1. The van der Waals surface area contributed by atoms with Crippen molar-refractivity contribution in [1.82, 2.24) is 0 Å². The van der Waals surface area contributed by atoms with Crippen molar-refractivity contribution in [3.63, 3.8) is 0 Å². The van der Waals surface area contributed by atoms with Gasteiger partial charge < -0.3 is 10.1 Å². The Morgan fingerprint density at radius 1 is 1.56 bits per heavy atom. The summed E-state index contributed by atoms with van der Waals surface area (Å²) in [5.74, 6) is -0.580. The lowest BCUT2D eigenvalue weighted by atomic mass is 10.0. The van der Waals surface area contributed by atoms with Gasteiger partial charge in [-0.2, -0.15) is 0 Å². The molecule has 1 aliphatic rings. The number of hydrogen-bond acceptors (Lipinski definition) is 5. The van der Waals surface area contributed by atoms with E-state index in [0.29, 0.717) is 17.8 Å². The van der Waals surface area contributed by atoms with Gasteiger partial charge in [-0.05, 0) is 18.6 Å². The van der Waals surface area contributed by atoms with Gasteiger partial charge in [0, 0.05) is 18.2 Å². The molecule has 0 amide bonds. The minimum Gasteiger partial charge on any atom is -0.465 e. The third kappa shape index (κ3) is 1.81. The summed E-state index contributed by atoms with van der Waals surface area (Å²) < 4.78 is 4.60. The van der Waals surface area contributed by atoms with Gasteiger partial charge in [0.15, 0.2) is 0 Å². The van der Waals surface area contributed by atoms with E-state index in [0.717, 1.165) is 5.57 Å². The van der Waals surface area contributed by atoms with E-state index in [1.54, 1.807) is 6.07 Å². The number of anilines is 1. The largest absolute Gasteiger partial charge is 0.465 e. The Balaban J connectivity index is 2.66. The predicted molar refractivity (Wildman–Crippen MR) is 66.6 cm³/mol. The molecular weight excluding hydrogens is 236 g/mol. The third-order valence-corrected chi connectivity index (χ3v) is 2.89. The van der Waals surface area contributed by atoms with Crippen LogP contribution in [0.15, 0.2) is 18.2 Å². The fraction of sp³-hybridized carbons (Fsp3) is 0.250. The lowest BCUT2D eigenvalue weighted by molar-refractivity contribution is -0.384. The lowest BCUT2D eigenvalue weighted by Crippen LogP contribution is -2.04. The maximum absolute atomic E-state index is 11.5. The zero-order valence-electron chi connectivity index (χ0n) is 10.0. The van der Waals surface area contributed by atoms with E-state index in [4.69, 9.17) is 0 Å². The second kappa shape index (κ2) is 4.48. The molecule has 0 saturated carbocycles. The number of nitro groups is 1. The van der Waals surface area contributed by atoms with Gasteiger partial charge in [0.05, 0.1) is 17.6 Å². The number of rotatable bonds is 2. The average molecular weight is 248 g/mol. The second-order valence-corrected chi connectivity index (χ2v) is 3.83. The van der Waals surface area contributed by atoms with Crippen molar-refractivity contribution in [2.24, 2.45) is 0 Å². The molecule has 18 heavy (non-hydrogen) atoms. The van der Waals surface area contributed by atoms with Crippen LogP contribution in [-0.2, 0) is 4.74 Å². The highest BCUT2D eigenvalue weighted by atomic mass is 16.6. The fourth-order valence-electron chi connectivity index (χ4n) is 1.98. The Bertz CT molecular complexity index is 563. The number of benzene rings is 1. The number of carbonyl (C=O) groups is 1. The summed E-state index contributed by atoms with van der Waals surface area (Å²) in [6, 6.07) is 2.85. The van der Waals surface area contributed by atoms with E-state index in [1.807, 2.05) is 13.0 Å². The first-order chi connectivity index (χ1) is 8.58. The summed E-state index contributed by atoms with van der Waals surface area (Å²) in [6.07, 6.45) is 1.86.